The first-order chi connectivity index (χ1) is 11.3. The third-order valence-electron chi connectivity index (χ3n) is 4.35. The lowest BCUT2D eigenvalue weighted by atomic mass is 9.76. The number of amides is 2. The highest BCUT2D eigenvalue weighted by Gasteiger charge is 2.33. The van der Waals surface area contributed by atoms with Gasteiger partial charge in [-0.1, -0.05) is 23.3 Å². The van der Waals surface area contributed by atoms with Crippen LogP contribution in [0.5, 0.6) is 5.75 Å². The number of aromatic hydroxyl groups is 1. The number of hydrogen-bond donors (Lipinski definition) is 3. The average Bonchev–Trinajstić information content (AvgIpc) is 2.54. The van der Waals surface area contributed by atoms with E-state index in [1.54, 1.807) is 12.1 Å². The maximum Gasteiger partial charge on any atom is 0.273 e. The van der Waals surface area contributed by atoms with Crippen LogP contribution in [-0.2, 0) is 9.59 Å². The molecule has 1 aromatic carbocycles. The molecule has 0 aliphatic heterocycles. The number of aliphatic carboxylic acids is 1. The van der Waals surface area contributed by atoms with Crippen molar-refractivity contribution in [2.24, 2.45) is 11.8 Å². The molecule has 0 fully saturated rings. The number of nitrogens with one attached hydrogen (secondary N) is 2. The van der Waals surface area contributed by atoms with Gasteiger partial charge in [-0.25, -0.2) is 0 Å². The van der Waals surface area contributed by atoms with Crippen LogP contribution in [0.25, 0.3) is 0 Å². The van der Waals surface area contributed by atoms with Crippen molar-refractivity contribution in [3.8, 4) is 5.75 Å². The zero-order valence-electron chi connectivity index (χ0n) is 13.5. The van der Waals surface area contributed by atoms with Gasteiger partial charge in [0, 0.05) is 11.9 Å². The van der Waals surface area contributed by atoms with Crippen LogP contribution in [0.3, 0.4) is 0 Å². The molecule has 7 heteroatoms. The van der Waals surface area contributed by atoms with Gasteiger partial charge in [-0.2, -0.15) is 0 Å². The Morgan fingerprint density at radius 2 is 1.62 bits per heavy atom. The summed E-state index contributed by atoms with van der Waals surface area (Å²) in [5, 5.41) is 20.9. The summed E-state index contributed by atoms with van der Waals surface area (Å²) >= 11 is 0. The molecule has 24 heavy (non-hydrogen) atoms. The molecule has 3 N–H and O–H groups in total. The van der Waals surface area contributed by atoms with E-state index in [1.165, 1.54) is 12.1 Å². The van der Waals surface area contributed by atoms with Gasteiger partial charge in [0.25, 0.3) is 5.91 Å². The van der Waals surface area contributed by atoms with Gasteiger partial charge in [0.05, 0.1) is 11.5 Å². The quantitative estimate of drug-likeness (QED) is 0.542. The molecule has 1 aliphatic rings. The summed E-state index contributed by atoms with van der Waals surface area (Å²) in [5.41, 5.74) is 6.33. The zero-order valence-corrected chi connectivity index (χ0v) is 13.5. The predicted octanol–water partition coefficient (Wildman–Crippen LogP) is 0.266. The van der Waals surface area contributed by atoms with Crippen molar-refractivity contribution in [1.82, 2.24) is 10.9 Å². The number of hydrazine groups is 1. The van der Waals surface area contributed by atoms with Gasteiger partial charge in [-0.15, -0.1) is 0 Å². The Bertz CT molecular complexity index is 711. The SMILES string of the molecule is CC1=C(C)C[C@@H](C(=O)NNC(=O)c2ccccc2O)[C@@H](C(=O)[O-])C1. The molecule has 0 radical (unpaired) electrons. The Hall–Kier alpha value is -2.83. The van der Waals surface area contributed by atoms with Crippen LogP contribution >= 0.6 is 0 Å². The van der Waals surface area contributed by atoms with Crippen molar-refractivity contribution in [2.45, 2.75) is 26.7 Å². The van der Waals surface area contributed by atoms with Crippen molar-refractivity contribution in [1.29, 1.82) is 0 Å². The largest absolute Gasteiger partial charge is 0.550 e. The Balaban J connectivity index is 2.05. The van der Waals surface area contributed by atoms with E-state index in [4.69, 9.17) is 0 Å². The summed E-state index contributed by atoms with van der Waals surface area (Å²) < 4.78 is 0. The van der Waals surface area contributed by atoms with Gasteiger partial charge in [0.1, 0.15) is 5.75 Å². The van der Waals surface area contributed by atoms with E-state index in [-0.39, 0.29) is 17.7 Å². The minimum absolute atomic E-state index is 0.00446. The summed E-state index contributed by atoms with van der Waals surface area (Å²) in [6.45, 7) is 3.68. The Labute approximate surface area is 139 Å². The lowest BCUT2D eigenvalue weighted by Gasteiger charge is -2.32. The molecule has 2 atom stereocenters. The second-order valence-electron chi connectivity index (χ2n) is 5.96. The Morgan fingerprint density at radius 3 is 2.21 bits per heavy atom. The number of phenolic OH excluding ortho intramolecular Hbond substituents is 1. The molecule has 128 valence electrons. The number of rotatable bonds is 3. The molecule has 0 aromatic heterocycles. The van der Waals surface area contributed by atoms with Crippen LogP contribution in [-0.4, -0.2) is 22.9 Å². The molecule has 0 heterocycles. The van der Waals surface area contributed by atoms with E-state index in [0.717, 1.165) is 11.1 Å². The highest BCUT2D eigenvalue weighted by Crippen LogP contribution is 2.33. The van der Waals surface area contributed by atoms with E-state index in [9.17, 15) is 24.6 Å². The number of benzene rings is 1. The molecule has 0 saturated heterocycles. The van der Waals surface area contributed by atoms with Gasteiger partial charge in [0.15, 0.2) is 0 Å². The molecule has 1 aliphatic carbocycles. The molecule has 0 spiro atoms. The normalized spacial score (nSPS) is 20.4. The van der Waals surface area contributed by atoms with E-state index in [2.05, 4.69) is 10.9 Å². The molecule has 7 nitrogen and oxygen atoms in total. The summed E-state index contributed by atoms with van der Waals surface area (Å²) in [5.74, 6) is -4.54. The minimum atomic E-state index is -1.28. The highest BCUT2D eigenvalue weighted by atomic mass is 16.4. The fourth-order valence-corrected chi connectivity index (χ4v) is 2.76. The lowest BCUT2D eigenvalue weighted by Crippen LogP contribution is -2.49. The van der Waals surface area contributed by atoms with Crippen LogP contribution in [0, 0.1) is 11.8 Å². The zero-order chi connectivity index (χ0) is 17.9. The molecule has 0 unspecified atom stereocenters. The third-order valence-corrected chi connectivity index (χ3v) is 4.35. The molecule has 1 aromatic rings. The fourth-order valence-electron chi connectivity index (χ4n) is 2.76. The molecular weight excluding hydrogens is 312 g/mol. The van der Waals surface area contributed by atoms with Crippen molar-refractivity contribution < 1.29 is 24.6 Å². The number of phenols is 1. The Kier molecular flexibility index (Phi) is 5.23. The second-order valence-corrected chi connectivity index (χ2v) is 5.96. The van der Waals surface area contributed by atoms with Crippen LogP contribution in [0.15, 0.2) is 35.4 Å². The van der Waals surface area contributed by atoms with Crippen molar-refractivity contribution in [3.05, 3.63) is 41.0 Å². The first-order valence-corrected chi connectivity index (χ1v) is 7.55. The van der Waals surface area contributed by atoms with Crippen LogP contribution in [0.1, 0.15) is 37.0 Å². The number of para-hydroxylation sites is 1. The summed E-state index contributed by atoms with van der Waals surface area (Å²) in [4.78, 5) is 35.5. The number of carboxylic acids is 1. The van der Waals surface area contributed by atoms with Gasteiger partial charge in [-0.05, 0) is 38.8 Å². The monoisotopic (exact) mass is 331 g/mol. The molecule has 0 saturated carbocycles. The van der Waals surface area contributed by atoms with E-state index in [0.29, 0.717) is 6.42 Å². The standard InChI is InChI=1S/C17H20N2O5/c1-9-7-12(13(17(23)24)8-10(9)2)16(22)19-18-15(21)11-5-3-4-6-14(11)20/h3-6,12-13,20H,7-8H2,1-2H3,(H,18,21)(H,19,22)(H,23,24)/p-1/t12-,13+/m1/s1. The maximum atomic E-state index is 12.3. The van der Waals surface area contributed by atoms with Gasteiger partial charge < -0.3 is 15.0 Å². The summed E-state index contributed by atoms with van der Waals surface area (Å²) in [6.07, 6.45) is 0.544. The van der Waals surface area contributed by atoms with Crippen LogP contribution < -0.4 is 16.0 Å². The maximum absolute atomic E-state index is 12.3. The smallest absolute Gasteiger partial charge is 0.273 e. The summed E-state index contributed by atoms with van der Waals surface area (Å²) in [6, 6.07) is 5.88. The predicted molar refractivity (Wildman–Crippen MR) is 83.3 cm³/mol. The van der Waals surface area contributed by atoms with E-state index >= 15 is 0 Å². The molecular formula is C17H19N2O5-. The van der Waals surface area contributed by atoms with Gasteiger partial charge >= 0.3 is 0 Å². The lowest BCUT2D eigenvalue weighted by molar-refractivity contribution is -0.313. The number of carboxylic acid groups (broad SMARTS) is 1. The first-order valence-electron chi connectivity index (χ1n) is 7.55. The molecule has 2 rings (SSSR count). The number of hydrogen-bond acceptors (Lipinski definition) is 5. The Morgan fingerprint density at radius 1 is 1.04 bits per heavy atom. The second kappa shape index (κ2) is 7.16. The van der Waals surface area contributed by atoms with Crippen molar-refractivity contribution in [2.75, 3.05) is 0 Å². The van der Waals surface area contributed by atoms with Crippen molar-refractivity contribution >= 4 is 17.8 Å². The van der Waals surface area contributed by atoms with Gasteiger partial charge in [0.2, 0.25) is 5.91 Å². The summed E-state index contributed by atoms with van der Waals surface area (Å²) in [7, 11) is 0. The van der Waals surface area contributed by atoms with Crippen LogP contribution in [0.2, 0.25) is 0 Å². The highest BCUT2D eigenvalue weighted by molar-refractivity contribution is 5.98. The van der Waals surface area contributed by atoms with E-state index in [1.807, 2.05) is 13.8 Å². The van der Waals surface area contributed by atoms with Gasteiger partial charge in [-0.3, -0.25) is 20.4 Å². The third kappa shape index (κ3) is 3.73. The van der Waals surface area contributed by atoms with Crippen LogP contribution in [0.4, 0.5) is 0 Å². The van der Waals surface area contributed by atoms with Crippen molar-refractivity contribution in [3.63, 3.8) is 0 Å². The average molecular weight is 331 g/mol. The van der Waals surface area contributed by atoms with E-state index < -0.39 is 29.6 Å². The minimum Gasteiger partial charge on any atom is -0.550 e. The number of allylic oxidation sites excluding steroid dienone is 2. The number of carbonyl (C=O) groups excluding carboxylic acids is 3. The molecule has 2 amide bonds. The topological polar surface area (TPSA) is 119 Å². The fraction of sp³-hybridized carbons (Fsp3) is 0.353. The number of carbonyl (C=O) groups is 3. The molecule has 0 bridgehead atoms. The first kappa shape index (κ1) is 17.5.